The molecule has 0 aromatic carbocycles. The van der Waals surface area contributed by atoms with Crippen LogP contribution in [0.15, 0.2) is 33.1 Å². The number of anilines is 1. The third-order valence-corrected chi connectivity index (χ3v) is 4.16. The zero-order valence-corrected chi connectivity index (χ0v) is 13.3. The van der Waals surface area contributed by atoms with E-state index in [2.05, 4.69) is 40.1 Å². The SMILES string of the molecule is CC(C)Cn1ccnc(NCc2ccc(Br)s2)c1=O. The van der Waals surface area contributed by atoms with Crippen LogP contribution < -0.4 is 10.9 Å². The quantitative estimate of drug-likeness (QED) is 0.907. The first kappa shape index (κ1) is 14.3. The van der Waals surface area contributed by atoms with E-state index in [0.29, 0.717) is 24.8 Å². The summed E-state index contributed by atoms with van der Waals surface area (Å²) in [6.45, 7) is 5.50. The van der Waals surface area contributed by atoms with Crippen LogP contribution in [0, 0.1) is 5.92 Å². The smallest absolute Gasteiger partial charge is 0.293 e. The van der Waals surface area contributed by atoms with Gasteiger partial charge in [-0.25, -0.2) is 4.98 Å². The van der Waals surface area contributed by atoms with Crippen LogP contribution in [0.25, 0.3) is 0 Å². The molecule has 0 amide bonds. The van der Waals surface area contributed by atoms with Crippen molar-refractivity contribution in [1.82, 2.24) is 9.55 Å². The lowest BCUT2D eigenvalue weighted by Gasteiger charge is -2.10. The van der Waals surface area contributed by atoms with Crippen LogP contribution in [-0.2, 0) is 13.1 Å². The molecular formula is C13H16BrN3OS. The first-order valence-corrected chi connectivity index (χ1v) is 7.70. The van der Waals surface area contributed by atoms with E-state index in [9.17, 15) is 4.79 Å². The molecule has 0 bridgehead atoms. The molecule has 2 aromatic heterocycles. The number of thiophene rings is 1. The molecular weight excluding hydrogens is 326 g/mol. The molecule has 2 heterocycles. The fourth-order valence-electron chi connectivity index (χ4n) is 1.72. The molecule has 0 radical (unpaired) electrons. The zero-order chi connectivity index (χ0) is 13.8. The summed E-state index contributed by atoms with van der Waals surface area (Å²) in [6.07, 6.45) is 3.39. The number of hydrogen-bond donors (Lipinski definition) is 1. The fraction of sp³-hybridized carbons (Fsp3) is 0.385. The summed E-state index contributed by atoms with van der Waals surface area (Å²) in [5.41, 5.74) is -0.0631. The van der Waals surface area contributed by atoms with E-state index in [1.165, 1.54) is 0 Å². The molecule has 0 unspecified atom stereocenters. The Hall–Kier alpha value is -1.14. The molecule has 2 rings (SSSR count). The predicted molar refractivity (Wildman–Crippen MR) is 82.7 cm³/mol. The Morgan fingerprint density at radius 1 is 1.47 bits per heavy atom. The van der Waals surface area contributed by atoms with Crippen molar-refractivity contribution in [2.24, 2.45) is 5.92 Å². The Kier molecular flexibility index (Phi) is 4.76. The van der Waals surface area contributed by atoms with Crippen LogP contribution >= 0.6 is 27.3 Å². The van der Waals surface area contributed by atoms with Gasteiger partial charge in [0, 0.05) is 23.8 Å². The Morgan fingerprint density at radius 2 is 2.26 bits per heavy atom. The van der Waals surface area contributed by atoms with Gasteiger partial charge < -0.3 is 9.88 Å². The highest BCUT2D eigenvalue weighted by Crippen LogP contribution is 2.22. The number of rotatable bonds is 5. The normalized spacial score (nSPS) is 10.9. The summed E-state index contributed by atoms with van der Waals surface area (Å²) in [5, 5.41) is 3.10. The van der Waals surface area contributed by atoms with E-state index in [0.717, 1.165) is 8.66 Å². The molecule has 1 N–H and O–H groups in total. The molecule has 19 heavy (non-hydrogen) atoms. The molecule has 102 valence electrons. The predicted octanol–water partition coefficient (Wildman–Crippen LogP) is 3.34. The molecule has 0 atom stereocenters. The molecule has 0 aliphatic heterocycles. The van der Waals surface area contributed by atoms with Crippen molar-refractivity contribution in [1.29, 1.82) is 0 Å². The first-order chi connectivity index (χ1) is 9.06. The zero-order valence-electron chi connectivity index (χ0n) is 10.9. The Morgan fingerprint density at radius 3 is 2.89 bits per heavy atom. The van der Waals surface area contributed by atoms with Crippen molar-refractivity contribution in [3.05, 3.63) is 43.5 Å². The van der Waals surface area contributed by atoms with Crippen LogP contribution in [0.3, 0.4) is 0 Å². The molecule has 2 aromatic rings. The van der Waals surface area contributed by atoms with Crippen molar-refractivity contribution in [2.75, 3.05) is 5.32 Å². The van der Waals surface area contributed by atoms with Crippen molar-refractivity contribution < 1.29 is 0 Å². The van der Waals surface area contributed by atoms with Gasteiger partial charge in [0.25, 0.3) is 5.56 Å². The Bertz CT molecular complexity index is 606. The Balaban J connectivity index is 2.10. The standard InChI is InChI=1S/C13H16BrN3OS/c1-9(2)8-17-6-5-15-12(13(17)18)16-7-10-3-4-11(14)19-10/h3-6,9H,7-8H2,1-2H3,(H,15,16). The van der Waals surface area contributed by atoms with E-state index in [1.807, 2.05) is 12.1 Å². The minimum atomic E-state index is -0.0631. The van der Waals surface area contributed by atoms with Crippen LogP contribution in [0.5, 0.6) is 0 Å². The van der Waals surface area contributed by atoms with Gasteiger partial charge in [0.1, 0.15) is 0 Å². The summed E-state index contributed by atoms with van der Waals surface area (Å²) in [4.78, 5) is 17.4. The number of aromatic nitrogens is 2. The van der Waals surface area contributed by atoms with E-state index in [1.54, 1.807) is 28.3 Å². The molecule has 4 nitrogen and oxygen atoms in total. The van der Waals surface area contributed by atoms with E-state index >= 15 is 0 Å². The monoisotopic (exact) mass is 341 g/mol. The maximum atomic E-state index is 12.2. The second kappa shape index (κ2) is 6.34. The van der Waals surface area contributed by atoms with Crippen molar-refractivity contribution in [2.45, 2.75) is 26.9 Å². The maximum absolute atomic E-state index is 12.2. The van der Waals surface area contributed by atoms with Gasteiger partial charge in [-0.05, 0) is 34.0 Å². The summed E-state index contributed by atoms with van der Waals surface area (Å²) in [7, 11) is 0. The second-order valence-corrected chi connectivity index (χ2v) is 7.23. The lowest BCUT2D eigenvalue weighted by atomic mass is 10.2. The minimum absolute atomic E-state index is 0.0631. The van der Waals surface area contributed by atoms with Gasteiger partial charge in [0.05, 0.1) is 10.3 Å². The molecule has 0 saturated carbocycles. The van der Waals surface area contributed by atoms with Crippen LogP contribution in [0.2, 0.25) is 0 Å². The third-order valence-electron chi connectivity index (χ3n) is 2.53. The van der Waals surface area contributed by atoms with Gasteiger partial charge in [-0.2, -0.15) is 0 Å². The summed E-state index contributed by atoms with van der Waals surface area (Å²) >= 11 is 5.07. The van der Waals surface area contributed by atoms with Crippen LogP contribution in [0.1, 0.15) is 18.7 Å². The highest BCUT2D eigenvalue weighted by molar-refractivity contribution is 9.11. The largest absolute Gasteiger partial charge is 0.361 e. The van der Waals surface area contributed by atoms with Gasteiger partial charge in [0.15, 0.2) is 5.82 Å². The fourth-order valence-corrected chi connectivity index (χ4v) is 3.15. The van der Waals surface area contributed by atoms with E-state index in [4.69, 9.17) is 0 Å². The van der Waals surface area contributed by atoms with Crippen molar-refractivity contribution >= 4 is 33.1 Å². The number of hydrogen-bond acceptors (Lipinski definition) is 4. The molecule has 6 heteroatoms. The van der Waals surface area contributed by atoms with Crippen LogP contribution in [-0.4, -0.2) is 9.55 Å². The van der Waals surface area contributed by atoms with Gasteiger partial charge in [0.2, 0.25) is 0 Å². The molecule has 0 aliphatic rings. The summed E-state index contributed by atoms with van der Waals surface area (Å²) in [6, 6.07) is 4.02. The van der Waals surface area contributed by atoms with Gasteiger partial charge in [-0.1, -0.05) is 13.8 Å². The average Bonchev–Trinajstić information content (AvgIpc) is 2.76. The number of nitrogens with one attached hydrogen (secondary N) is 1. The maximum Gasteiger partial charge on any atom is 0.293 e. The second-order valence-electron chi connectivity index (χ2n) is 4.69. The molecule has 0 aliphatic carbocycles. The lowest BCUT2D eigenvalue weighted by Crippen LogP contribution is -2.25. The van der Waals surface area contributed by atoms with Crippen LogP contribution in [0.4, 0.5) is 5.82 Å². The molecule has 0 spiro atoms. The number of nitrogens with zero attached hydrogens (tertiary/aromatic N) is 2. The van der Waals surface area contributed by atoms with Crippen molar-refractivity contribution in [3.8, 4) is 0 Å². The third kappa shape index (κ3) is 3.91. The first-order valence-electron chi connectivity index (χ1n) is 6.10. The molecule has 0 fully saturated rings. The Labute approximate surface area is 124 Å². The number of halogens is 1. The van der Waals surface area contributed by atoms with Crippen molar-refractivity contribution in [3.63, 3.8) is 0 Å². The highest BCUT2D eigenvalue weighted by atomic mass is 79.9. The van der Waals surface area contributed by atoms with E-state index < -0.39 is 0 Å². The summed E-state index contributed by atoms with van der Waals surface area (Å²) in [5.74, 6) is 0.842. The van der Waals surface area contributed by atoms with Gasteiger partial charge in [-0.15, -0.1) is 11.3 Å². The topological polar surface area (TPSA) is 46.9 Å². The van der Waals surface area contributed by atoms with Gasteiger partial charge >= 0.3 is 0 Å². The van der Waals surface area contributed by atoms with E-state index in [-0.39, 0.29) is 5.56 Å². The van der Waals surface area contributed by atoms with Gasteiger partial charge in [-0.3, -0.25) is 4.79 Å². The lowest BCUT2D eigenvalue weighted by molar-refractivity contribution is 0.509. The summed E-state index contributed by atoms with van der Waals surface area (Å²) < 4.78 is 2.78. The minimum Gasteiger partial charge on any atom is -0.361 e. The average molecular weight is 342 g/mol. The molecule has 0 saturated heterocycles. The highest BCUT2D eigenvalue weighted by Gasteiger charge is 2.06.